The number of benzene rings is 3. The fourth-order valence-corrected chi connectivity index (χ4v) is 4.55. The topological polar surface area (TPSA) is 122 Å². The summed E-state index contributed by atoms with van der Waals surface area (Å²) in [5.74, 6) is -1.12. The number of carbonyl (C=O) groups excluding carboxylic acids is 2. The first-order chi connectivity index (χ1) is 19.4. The number of hydrogen-bond donors (Lipinski definition) is 0. The molecule has 0 N–H and O–H groups in total. The number of para-hydroxylation sites is 1. The van der Waals surface area contributed by atoms with E-state index in [1.807, 2.05) is 66.7 Å². The van der Waals surface area contributed by atoms with Crippen LogP contribution < -0.4 is 0 Å². The van der Waals surface area contributed by atoms with Gasteiger partial charge in [0, 0.05) is 41.6 Å². The summed E-state index contributed by atoms with van der Waals surface area (Å²) in [6, 6.07) is 26.8. The number of nitro benzene ring substituents is 1. The van der Waals surface area contributed by atoms with E-state index in [1.165, 1.54) is 12.1 Å². The van der Waals surface area contributed by atoms with Gasteiger partial charge >= 0.3 is 0 Å². The van der Waals surface area contributed by atoms with Gasteiger partial charge < -0.3 is 0 Å². The lowest BCUT2D eigenvalue weighted by atomic mass is 9.93. The summed E-state index contributed by atoms with van der Waals surface area (Å²) in [6.45, 7) is 1.71. The van der Waals surface area contributed by atoms with Crippen LogP contribution in [-0.2, 0) is 16.0 Å². The molecule has 4 aromatic rings. The summed E-state index contributed by atoms with van der Waals surface area (Å²) in [4.78, 5) is 38.6. The van der Waals surface area contributed by atoms with Crippen LogP contribution >= 0.6 is 0 Å². The SMILES string of the molecule is CC1=C(C#N)C(=O)N(CCc2ccccc2)C(=O)/C1=C/c1cn(-c2ccccc2)nc1-c1ccc([N+](=O)[O-])cc1. The van der Waals surface area contributed by atoms with Crippen molar-refractivity contribution in [3.63, 3.8) is 0 Å². The lowest BCUT2D eigenvalue weighted by Gasteiger charge is -2.27. The largest absolute Gasteiger partial charge is 0.273 e. The second kappa shape index (κ2) is 11.0. The number of rotatable bonds is 7. The van der Waals surface area contributed by atoms with Crippen molar-refractivity contribution in [1.82, 2.24) is 14.7 Å². The van der Waals surface area contributed by atoms with E-state index >= 15 is 0 Å². The van der Waals surface area contributed by atoms with E-state index in [9.17, 15) is 25.0 Å². The molecule has 5 rings (SSSR count). The normalized spacial score (nSPS) is 14.5. The maximum atomic E-state index is 13.7. The first-order valence-electron chi connectivity index (χ1n) is 12.5. The van der Waals surface area contributed by atoms with Gasteiger partial charge in [-0.3, -0.25) is 24.6 Å². The molecular formula is C31H23N5O4. The lowest BCUT2D eigenvalue weighted by molar-refractivity contribution is -0.384. The molecule has 196 valence electrons. The molecule has 9 heteroatoms. The number of carbonyl (C=O) groups is 2. The minimum absolute atomic E-state index is 0.0568. The predicted molar refractivity (Wildman–Crippen MR) is 149 cm³/mol. The van der Waals surface area contributed by atoms with Crippen LogP contribution in [-0.4, -0.2) is 38.0 Å². The summed E-state index contributed by atoms with van der Waals surface area (Å²) in [5, 5.41) is 25.7. The Morgan fingerprint density at radius 3 is 2.23 bits per heavy atom. The molecule has 1 aliphatic rings. The van der Waals surface area contributed by atoms with Crippen molar-refractivity contribution in [1.29, 1.82) is 5.26 Å². The number of nitriles is 1. The van der Waals surface area contributed by atoms with Crippen LogP contribution in [0.2, 0.25) is 0 Å². The molecule has 1 aromatic heterocycles. The minimum Gasteiger partial charge on any atom is -0.273 e. The van der Waals surface area contributed by atoms with Crippen molar-refractivity contribution >= 4 is 23.6 Å². The van der Waals surface area contributed by atoms with E-state index in [0.29, 0.717) is 23.2 Å². The van der Waals surface area contributed by atoms with E-state index < -0.39 is 16.7 Å². The lowest BCUT2D eigenvalue weighted by Crippen LogP contribution is -2.43. The third kappa shape index (κ3) is 5.06. The van der Waals surface area contributed by atoms with Crippen LogP contribution in [0.15, 0.2) is 108 Å². The van der Waals surface area contributed by atoms with Crippen molar-refractivity contribution in [3.8, 4) is 23.0 Å². The Morgan fingerprint density at radius 2 is 1.60 bits per heavy atom. The smallest absolute Gasteiger partial charge is 0.271 e. The van der Waals surface area contributed by atoms with Crippen LogP contribution in [0.4, 0.5) is 5.69 Å². The van der Waals surface area contributed by atoms with Gasteiger partial charge in [-0.1, -0.05) is 48.5 Å². The second-order valence-corrected chi connectivity index (χ2v) is 9.18. The highest BCUT2D eigenvalue weighted by molar-refractivity contribution is 6.19. The molecule has 1 aliphatic heterocycles. The number of nitrogens with zero attached hydrogens (tertiary/aromatic N) is 5. The Labute approximate surface area is 230 Å². The molecule has 0 saturated carbocycles. The van der Waals surface area contributed by atoms with E-state index in [2.05, 4.69) is 0 Å². The van der Waals surface area contributed by atoms with Gasteiger partial charge in [0.1, 0.15) is 11.6 Å². The third-order valence-electron chi connectivity index (χ3n) is 6.71. The first-order valence-corrected chi connectivity index (χ1v) is 12.5. The number of aromatic nitrogens is 2. The predicted octanol–water partition coefficient (Wildman–Crippen LogP) is 5.28. The highest BCUT2D eigenvalue weighted by Crippen LogP contribution is 2.32. The molecule has 2 heterocycles. The Bertz CT molecular complexity index is 1710. The summed E-state index contributed by atoms with van der Waals surface area (Å²) in [7, 11) is 0. The zero-order valence-electron chi connectivity index (χ0n) is 21.5. The second-order valence-electron chi connectivity index (χ2n) is 9.18. The van der Waals surface area contributed by atoms with Gasteiger partial charge in [-0.15, -0.1) is 0 Å². The van der Waals surface area contributed by atoms with Crippen molar-refractivity contribution in [2.45, 2.75) is 13.3 Å². The maximum Gasteiger partial charge on any atom is 0.271 e. The zero-order valence-corrected chi connectivity index (χ0v) is 21.5. The van der Waals surface area contributed by atoms with Gasteiger partial charge in [0.25, 0.3) is 17.5 Å². The van der Waals surface area contributed by atoms with Crippen LogP contribution in [0, 0.1) is 21.4 Å². The average molecular weight is 530 g/mol. The molecular weight excluding hydrogens is 506 g/mol. The number of nitro groups is 1. The number of hydrogen-bond acceptors (Lipinski definition) is 6. The van der Waals surface area contributed by atoms with Gasteiger partial charge in [-0.25, -0.2) is 4.68 Å². The molecule has 0 radical (unpaired) electrons. The van der Waals surface area contributed by atoms with Crippen LogP contribution in [0.5, 0.6) is 0 Å². The average Bonchev–Trinajstić information content (AvgIpc) is 3.40. The van der Waals surface area contributed by atoms with Crippen LogP contribution in [0.25, 0.3) is 23.0 Å². The molecule has 0 spiro atoms. The third-order valence-corrected chi connectivity index (χ3v) is 6.71. The van der Waals surface area contributed by atoms with Crippen molar-refractivity contribution in [2.24, 2.45) is 0 Å². The van der Waals surface area contributed by atoms with Crippen molar-refractivity contribution in [3.05, 3.63) is 129 Å². The molecule has 0 unspecified atom stereocenters. The monoisotopic (exact) mass is 529 g/mol. The molecule has 0 atom stereocenters. The Hall–Kier alpha value is -5.62. The zero-order chi connectivity index (χ0) is 28.2. The molecule has 0 fully saturated rings. The first kappa shape index (κ1) is 26.0. The molecule has 40 heavy (non-hydrogen) atoms. The fraction of sp³-hybridized carbons (Fsp3) is 0.0968. The standard InChI is InChI=1S/C31H23N5O4/c1-21-27(30(37)34(31(38)28(21)19-32)17-16-22-8-4-2-5-9-22)18-24-20-35(25-10-6-3-7-11-25)33-29(24)23-12-14-26(15-13-23)36(39)40/h2-15,18,20H,16-17H2,1H3/b27-18+. The molecule has 9 nitrogen and oxygen atoms in total. The quantitative estimate of drug-likeness (QED) is 0.139. The molecule has 2 amide bonds. The summed E-state index contributed by atoms with van der Waals surface area (Å²) < 4.78 is 1.65. The summed E-state index contributed by atoms with van der Waals surface area (Å²) >= 11 is 0. The van der Waals surface area contributed by atoms with Gasteiger partial charge in [-0.2, -0.15) is 10.4 Å². The Balaban J connectivity index is 1.60. The van der Waals surface area contributed by atoms with Gasteiger partial charge in [0.2, 0.25) is 0 Å². The van der Waals surface area contributed by atoms with Crippen molar-refractivity contribution < 1.29 is 14.5 Å². The molecule has 0 saturated heterocycles. The highest BCUT2D eigenvalue weighted by atomic mass is 16.6. The van der Waals surface area contributed by atoms with Crippen LogP contribution in [0.3, 0.4) is 0 Å². The molecule has 0 aliphatic carbocycles. The van der Waals surface area contributed by atoms with Gasteiger partial charge in [0.15, 0.2) is 0 Å². The van der Waals surface area contributed by atoms with Gasteiger partial charge in [-0.05, 0) is 54.8 Å². The van der Waals surface area contributed by atoms with E-state index in [1.54, 1.807) is 36.0 Å². The summed E-state index contributed by atoms with van der Waals surface area (Å²) in [6.07, 6.45) is 3.82. The summed E-state index contributed by atoms with van der Waals surface area (Å²) in [5.41, 5.74) is 3.72. The minimum atomic E-state index is -0.617. The van der Waals surface area contributed by atoms with Gasteiger partial charge in [0.05, 0.1) is 16.3 Å². The molecule has 3 aromatic carbocycles. The maximum absolute atomic E-state index is 13.7. The van der Waals surface area contributed by atoms with Crippen LogP contribution in [0.1, 0.15) is 18.1 Å². The molecule has 0 bridgehead atoms. The Kier molecular flexibility index (Phi) is 7.16. The van der Waals surface area contributed by atoms with E-state index in [-0.39, 0.29) is 29.0 Å². The van der Waals surface area contributed by atoms with E-state index in [4.69, 9.17) is 5.10 Å². The van der Waals surface area contributed by atoms with Crippen molar-refractivity contribution in [2.75, 3.05) is 6.54 Å². The highest BCUT2D eigenvalue weighted by Gasteiger charge is 2.35. The van der Waals surface area contributed by atoms with E-state index in [0.717, 1.165) is 16.2 Å². The number of amides is 2. The number of imide groups is 1. The Morgan fingerprint density at radius 1 is 0.950 bits per heavy atom. The fourth-order valence-electron chi connectivity index (χ4n) is 4.55. The number of non-ortho nitro benzene ring substituents is 1.